The molecule has 0 radical (unpaired) electrons. The van der Waals surface area contributed by atoms with Gasteiger partial charge in [-0.3, -0.25) is 9.78 Å². The number of carboxylic acid groups (broad SMARTS) is 1. The van der Waals surface area contributed by atoms with Crippen LogP contribution in [0.4, 0.5) is 13.2 Å². The average molecular weight is 317 g/mol. The van der Waals surface area contributed by atoms with E-state index in [-0.39, 0.29) is 6.42 Å². The van der Waals surface area contributed by atoms with Crippen molar-refractivity contribution in [1.29, 1.82) is 0 Å². The molecule has 1 N–H and O–H groups in total. The van der Waals surface area contributed by atoms with Crippen molar-refractivity contribution in [2.75, 3.05) is 0 Å². The van der Waals surface area contributed by atoms with Gasteiger partial charge in [0.25, 0.3) is 0 Å². The number of aliphatic carboxylic acids is 1. The number of carbonyl (C=O) groups is 1. The molecule has 0 aliphatic heterocycles. The normalized spacial score (nSPS) is 11.6. The van der Waals surface area contributed by atoms with E-state index in [2.05, 4.69) is 4.98 Å². The molecule has 0 spiro atoms. The molecule has 1 aromatic heterocycles. The second kappa shape index (κ2) is 9.43. The lowest BCUT2D eigenvalue weighted by Crippen LogP contribution is -2.05. The van der Waals surface area contributed by atoms with Crippen LogP contribution in [-0.4, -0.2) is 16.1 Å². The van der Waals surface area contributed by atoms with Crippen LogP contribution in [-0.2, 0) is 17.4 Å². The van der Waals surface area contributed by atoms with Gasteiger partial charge in [0.15, 0.2) is 0 Å². The molecule has 0 bridgehead atoms. The first kappa shape index (κ1) is 18.5. The minimum atomic E-state index is -4.33. The monoisotopic (exact) mass is 317 g/mol. The molecular weight excluding hydrogens is 295 g/mol. The molecule has 0 atom stereocenters. The van der Waals surface area contributed by atoms with Gasteiger partial charge >= 0.3 is 12.1 Å². The molecule has 22 heavy (non-hydrogen) atoms. The van der Waals surface area contributed by atoms with Crippen LogP contribution in [0.1, 0.15) is 62.6 Å². The van der Waals surface area contributed by atoms with Gasteiger partial charge in [-0.05, 0) is 31.4 Å². The number of halogens is 3. The number of pyridine rings is 1. The van der Waals surface area contributed by atoms with Crippen molar-refractivity contribution in [2.45, 2.75) is 64.0 Å². The zero-order chi connectivity index (χ0) is 16.4. The third-order valence-corrected chi connectivity index (χ3v) is 3.48. The second-order valence-corrected chi connectivity index (χ2v) is 5.40. The molecule has 0 saturated heterocycles. The highest BCUT2D eigenvalue weighted by atomic mass is 19.4. The van der Waals surface area contributed by atoms with Crippen molar-refractivity contribution in [1.82, 2.24) is 4.98 Å². The topological polar surface area (TPSA) is 50.2 Å². The van der Waals surface area contributed by atoms with Gasteiger partial charge in [-0.1, -0.05) is 32.1 Å². The van der Waals surface area contributed by atoms with E-state index in [1.165, 1.54) is 6.07 Å². The minimum Gasteiger partial charge on any atom is -0.481 e. The lowest BCUT2D eigenvalue weighted by atomic mass is 10.1. The molecule has 0 amide bonds. The van der Waals surface area contributed by atoms with Crippen molar-refractivity contribution in [3.8, 4) is 0 Å². The second-order valence-electron chi connectivity index (χ2n) is 5.40. The number of hydrogen-bond acceptors (Lipinski definition) is 2. The third kappa shape index (κ3) is 8.00. The summed E-state index contributed by atoms with van der Waals surface area (Å²) >= 11 is 0. The van der Waals surface area contributed by atoms with E-state index in [1.54, 1.807) is 0 Å². The van der Waals surface area contributed by atoms with Crippen molar-refractivity contribution >= 4 is 5.97 Å². The Bertz CT molecular complexity index is 444. The first-order valence-corrected chi connectivity index (χ1v) is 7.63. The van der Waals surface area contributed by atoms with Crippen LogP contribution in [0.2, 0.25) is 0 Å². The molecule has 1 rings (SSSR count). The zero-order valence-electron chi connectivity index (χ0n) is 12.5. The smallest absolute Gasteiger partial charge is 0.417 e. The molecule has 6 heteroatoms. The number of hydrogen-bond donors (Lipinski definition) is 1. The summed E-state index contributed by atoms with van der Waals surface area (Å²) in [6.07, 6.45) is 4.24. The summed E-state index contributed by atoms with van der Waals surface area (Å²) in [5, 5.41) is 8.49. The summed E-state index contributed by atoms with van der Waals surface area (Å²) in [5.41, 5.74) is -0.0212. The first-order chi connectivity index (χ1) is 10.4. The number of unbranched alkanes of at least 4 members (excludes halogenated alkanes) is 6. The van der Waals surface area contributed by atoms with Gasteiger partial charge in [-0.15, -0.1) is 0 Å². The largest absolute Gasteiger partial charge is 0.481 e. The maximum atomic E-state index is 12.4. The summed E-state index contributed by atoms with van der Waals surface area (Å²) in [5.74, 6) is -0.746. The minimum absolute atomic E-state index is 0.236. The van der Waals surface area contributed by atoms with Crippen molar-refractivity contribution < 1.29 is 23.1 Å². The van der Waals surface area contributed by atoms with Crippen LogP contribution in [0.3, 0.4) is 0 Å². The molecule has 0 aliphatic rings. The summed E-state index contributed by atoms with van der Waals surface area (Å²) in [4.78, 5) is 14.2. The van der Waals surface area contributed by atoms with Crippen molar-refractivity contribution in [3.63, 3.8) is 0 Å². The molecule has 0 aromatic carbocycles. The standard InChI is InChI=1S/C16H22F3NO2/c17-16(18,19)13-10-11-14(20-12-13)8-6-4-2-1-3-5-7-9-15(21)22/h10-12H,1-9H2,(H,21,22). The maximum Gasteiger partial charge on any atom is 0.417 e. The Morgan fingerprint density at radius 1 is 1.00 bits per heavy atom. The Labute approximate surface area is 128 Å². The van der Waals surface area contributed by atoms with E-state index < -0.39 is 17.7 Å². The van der Waals surface area contributed by atoms with Crippen molar-refractivity contribution in [3.05, 3.63) is 29.6 Å². The summed E-state index contributed by atoms with van der Waals surface area (Å²) in [6.45, 7) is 0. The highest BCUT2D eigenvalue weighted by Crippen LogP contribution is 2.28. The van der Waals surface area contributed by atoms with Crippen molar-refractivity contribution in [2.24, 2.45) is 0 Å². The van der Waals surface area contributed by atoms with E-state index in [9.17, 15) is 18.0 Å². The van der Waals surface area contributed by atoms with E-state index >= 15 is 0 Å². The van der Waals surface area contributed by atoms with Gasteiger partial charge in [0.2, 0.25) is 0 Å². The van der Waals surface area contributed by atoms with E-state index in [1.807, 2.05) is 0 Å². The highest BCUT2D eigenvalue weighted by molar-refractivity contribution is 5.66. The summed E-state index contributed by atoms with van der Waals surface area (Å²) < 4.78 is 37.1. The summed E-state index contributed by atoms with van der Waals surface area (Å²) in [7, 11) is 0. The van der Waals surface area contributed by atoms with Crippen LogP contribution in [0.25, 0.3) is 0 Å². The Morgan fingerprint density at radius 2 is 1.59 bits per heavy atom. The fourth-order valence-corrected chi connectivity index (χ4v) is 2.21. The average Bonchev–Trinajstić information content (AvgIpc) is 2.45. The SMILES string of the molecule is O=C(O)CCCCCCCCCc1ccc(C(F)(F)F)cn1. The van der Waals surface area contributed by atoms with Gasteiger partial charge < -0.3 is 5.11 Å². The fourth-order valence-electron chi connectivity index (χ4n) is 2.21. The maximum absolute atomic E-state index is 12.4. The number of aryl methyl sites for hydroxylation is 1. The third-order valence-electron chi connectivity index (χ3n) is 3.48. The summed E-state index contributed by atoms with van der Waals surface area (Å²) in [6, 6.07) is 2.51. The van der Waals surface area contributed by atoms with Gasteiger partial charge in [0.1, 0.15) is 0 Å². The van der Waals surface area contributed by atoms with Crippen LogP contribution >= 0.6 is 0 Å². The molecular formula is C16H22F3NO2. The molecule has 1 heterocycles. The Balaban J connectivity index is 2.06. The van der Waals surface area contributed by atoms with Crippen LogP contribution in [0.15, 0.2) is 18.3 Å². The lowest BCUT2D eigenvalue weighted by molar-refractivity contribution is -0.138. The number of nitrogens with zero attached hydrogens (tertiary/aromatic N) is 1. The van der Waals surface area contributed by atoms with Crippen LogP contribution in [0, 0.1) is 0 Å². The quantitative estimate of drug-likeness (QED) is 0.628. The Morgan fingerprint density at radius 3 is 2.09 bits per heavy atom. The van der Waals surface area contributed by atoms with E-state index in [4.69, 9.17) is 5.11 Å². The number of carboxylic acids is 1. The van der Waals surface area contributed by atoms with Gasteiger partial charge in [0.05, 0.1) is 5.56 Å². The molecule has 1 aromatic rings. The molecule has 124 valence electrons. The molecule has 0 aliphatic carbocycles. The highest BCUT2D eigenvalue weighted by Gasteiger charge is 2.30. The van der Waals surface area contributed by atoms with Gasteiger partial charge in [-0.2, -0.15) is 13.2 Å². The number of alkyl halides is 3. The van der Waals surface area contributed by atoms with Crippen LogP contribution < -0.4 is 0 Å². The Hall–Kier alpha value is -1.59. The molecule has 3 nitrogen and oxygen atoms in total. The predicted molar refractivity (Wildman–Crippen MR) is 77.5 cm³/mol. The molecule has 0 unspecified atom stereocenters. The van der Waals surface area contributed by atoms with Gasteiger partial charge in [0, 0.05) is 18.3 Å². The zero-order valence-corrected chi connectivity index (χ0v) is 12.5. The molecule has 0 saturated carbocycles. The number of rotatable bonds is 10. The van der Waals surface area contributed by atoms with E-state index in [0.29, 0.717) is 12.1 Å². The fraction of sp³-hybridized carbons (Fsp3) is 0.625. The lowest BCUT2D eigenvalue weighted by Gasteiger charge is -2.07. The Kier molecular flexibility index (Phi) is 7.91. The van der Waals surface area contributed by atoms with E-state index in [0.717, 1.165) is 57.2 Å². The first-order valence-electron chi connectivity index (χ1n) is 7.63. The van der Waals surface area contributed by atoms with Gasteiger partial charge in [-0.25, -0.2) is 0 Å². The number of aromatic nitrogens is 1. The molecule has 0 fully saturated rings. The van der Waals surface area contributed by atoms with Crippen LogP contribution in [0.5, 0.6) is 0 Å². The predicted octanol–water partition coefficient (Wildman–Crippen LogP) is 4.85.